The van der Waals surface area contributed by atoms with Gasteiger partial charge in [-0.1, -0.05) is 27.2 Å². The minimum absolute atomic E-state index is 0.134. The highest BCUT2D eigenvalue weighted by Gasteiger charge is 2.43. The van der Waals surface area contributed by atoms with Crippen LogP contribution in [0.3, 0.4) is 0 Å². The van der Waals surface area contributed by atoms with E-state index in [1.165, 1.54) is 0 Å². The molecule has 1 unspecified atom stereocenters. The Morgan fingerprint density at radius 3 is 1.85 bits per heavy atom. The van der Waals surface area contributed by atoms with Crippen molar-refractivity contribution in [2.45, 2.75) is 52.2 Å². The molecule has 1 atom stereocenters. The van der Waals surface area contributed by atoms with Gasteiger partial charge in [0, 0.05) is 12.0 Å². The molecule has 0 bridgehead atoms. The summed E-state index contributed by atoms with van der Waals surface area (Å²) in [5, 5.41) is 10.0. The molecule has 0 amide bonds. The van der Waals surface area contributed by atoms with Crippen LogP contribution in [0.2, 0.25) is 0 Å². The maximum Gasteiger partial charge on any atom is 0.131 e. The average Bonchev–Trinajstić information content (AvgIpc) is 2.14. The van der Waals surface area contributed by atoms with Crippen LogP contribution in [0.5, 0.6) is 0 Å². The van der Waals surface area contributed by atoms with Crippen molar-refractivity contribution in [3.8, 4) is 0 Å². The first-order valence-electron chi connectivity index (χ1n) is 5.21. The van der Waals surface area contributed by atoms with Gasteiger partial charge in [-0.25, -0.2) is 0 Å². The summed E-state index contributed by atoms with van der Waals surface area (Å²) in [6, 6.07) is 0. The molecular formula is C10H24N2O. The van der Waals surface area contributed by atoms with Gasteiger partial charge in [0.05, 0.1) is 0 Å². The van der Waals surface area contributed by atoms with Crippen molar-refractivity contribution in [3.63, 3.8) is 0 Å². The Kier molecular flexibility index (Phi) is 4.89. The van der Waals surface area contributed by atoms with E-state index in [2.05, 4.69) is 20.8 Å². The monoisotopic (exact) mass is 188 g/mol. The molecule has 0 saturated heterocycles. The second-order valence-corrected chi connectivity index (χ2v) is 3.87. The molecule has 3 nitrogen and oxygen atoms in total. The third-order valence-electron chi connectivity index (χ3n) is 3.31. The minimum atomic E-state index is -1.22. The van der Waals surface area contributed by atoms with Crippen molar-refractivity contribution in [2.24, 2.45) is 16.9 Å². The van der Waals surface area contributed by atoms with Gasteiger partial charge in [-0.05, 0) is 19.3 Å². The van der Waals surface area contributed by atoms with Crippen LogP contribution in [-0.4, -0.2) is 17.4 Å². The molecule has 0 aliphatic heterocycles. The Morgan fingerprint density at radius 2 is 1.62 bits per heavy atom. The van der Waals surface area contributed by atoms with Crippen molar-refractivity contribution < 1.29 is 5.11 Å². The Bertz CT molecular complexity index is 142. The molecule has 0 fully saturated rings. The van der Waals surface area contributed by atoms with Crippen molar-refractivity contribution in [2.75, 3.05) is 6.54 Å². The molecule has 0 aromatic heterocycles. The first-order valence-corrected chi connectivity index (χ1v) is 5.21. The number of rotatable bonds is 6. The summed E-state index contributed by atoms with van der Waals surface area (Å²) in [7, 11) is 0. The summed E-state index contributed by atoms with van der Waals surface area (Å²) >= 11 is 0. The van der Waals surface area contributed by atoms with Crippen LogP contribution in [-0.2, 0) is 0 Å². The average molecular weight is 188 g/mol. The molecule has 5 N–H and O–H groups in total. The molecule has 0 rings (SSSR count). The highest BCUT2D eigenvalue weighted by Crippen LogP contribution is 2.39. The molecule has 0 aromatic rings. The van der Waals surface area contributed by atoms with Crippen molar-refractivity contribution in [3.05, 3.63) is 0 Å². The largest absolute Gasteiger partial charge is 0.374 e. The molecule has 0 saturated carbocycles. The van der Waals surface area contributed by atoms with Gasteiger partial charge < -0.3 is 16.6 Å². The van der Waals surface area contributed by atoms with Gasteiger partial charge in [0.25, 0.3) is 0 Å². The summed E-state index contributed by atoms with van der Waals surface area (Å²) in [5.41, 5.74) is 9.90. The summed E-state index contributed by atoms with van der Waals surface area (Å²) < 4.78 is 0. The standard InChI is InChI=1S/C10H24N2O/c1-4-7-9(5-2,6-3)10(12,13)8-11/h13H,4-8,11-12H2,1-3H3. The van der Waals surface area contributed by atoms with Gasteiger partial charge in [0.1, 0.15) is 5.72 Å². The van der Waals surface area contributed by atoms with Gasteiger partial charge in [0.15, 0.2) is 0 Å². The first kappa shape index (κ1) is 12.9. The lowest BCUT2D eigenvalue weighted by Crippen LogP contribution is -2.60. The van der Waals surface area contributed by atoms with E-state index in [9.17, 15) is 5.11 Å². The molecule has 13 heavy (non-hydrogen) atoms. The Labute approximate surface area is 81.5 Å². The highest BCUT2D eigenvalue weighted by molar-refractivity contribution is 4.93. The predicted molar refractivity (Wildman–Crippen MR) is 56.1 cm³/mol. The van der Waals surface area contributed by atoms with Gasteiger partial charge >= 0.3 is 0 Å². The fourth-order valence-electron chi connectivity index (χ4n) is 2.13. The topological polar surface area (TPSA) is 72.3 Å². The normalized spacial score (nSPS) is 17.1. The number of hydrogen-bond donors (Lipinski definition) is 3. The maximum absolute atomic E-state index is 10.0. The zero-order chi connectivity index (χ0) is 10.5. The van der Waals surface area contributed by atoms with Gasteiger partial charge in [-0.15, -0.1) is 0 Å². The lowest BCUT2D eigenvalue weighted by molar-refractivity contribution is -0.0841. The third-order valence-corrected chi connectivity index (χ3v) is 3.31. The van der Waals surface area contributed by atoms with Crippen LogP contribution in [0.15, 0.2) is 0 Å². The van der Waals surface area contributed by atoms with Crippen LogP contribution in [0, 0.1) is 5.41 Å². The van der Waals surface area contributed by atoms with Gasteiger partial charge in [-0.2, -0.15) is 0 Å². The Balaban J connectivity index is 4.73. The van der Waals surface area contributed by atoms with Crippen LogP contribution < -0.4 is 11.5 Å². The third kappa shape index (κ3) is 2.42. The maximum atomic E-state index is 10.0. The second kappa shape index (κ2) is 4.94. The van der Waals surface area contributed by atoms with Crippen LogP contribution >= 0.6 is 0 Å². The lowest BCUT2D eigenvalue weighted by atomic mass is 9.70. The van der Waals surface area contributed by atoms with E-state index in [4.69, 9.17) is 11.5 Å². The van der Waals surface area contributed by atoms with E-state index < -0.39 is 5.72 Å². The second-order valence-electron chi connectivity index (χ2n) is 3.87. The summed E-state index contributed by atoms with van der Waals surface area (Å²) in [5.74, 6) is 0. The minimum Gasteiger partial charge on any atom is -0.374 e. The van der Waals surface area contributed by atoms with E-state index in [0.29, 0.717) is 0 Å². The Morgan fingerprint density at radius 1 is 1.15 bits per heavy atom. The highest BCUT2D eigenvalue weighted by atomic mass is 16.3. The van der Waals surface area contributed by atoms with Crippen LogP contribution in [0.4, 0.5) is 0 Å². The number of hydrogen-bond acceptors (Lipinski definition) is 3. The lowest BCUT2D eigenvalue weighted by Gasteiger charge is -2.43. The number of aliphatic hydroxyl groups is 1. The summed E-state index contributed by atoms with van der Waals surface area (Å²) in [4.78, 5) is 0. The number of nitrogens with two attached hydrogens (primary N) is 2. The molecule has 0 aliphatic rings. The zero-order valence-electron chi connectivity index (χ0n) is 9.14. The van der Waals surface area contributed by atoms with E-state index in [1.54, 1.807) is 0 Å². The smallest absolute Gasteiger partial charge is 0.131 e. The van der Waals surface area contributed by atoms with Gasteiger partial charge in [-0.3, -0.25) is 0 Å². The Hall–Kier alpha value is -0.120. The fourth-order valence-corrected chi connectivity index (χ4v) is 2.13. The molecule has 0 spiro atoms. The fraction of sp³-hybridized carbons (Fsp3) is 1.00. The molecular weight excluding hydrogens is 164 g/mol. The van der Waals surface area contributed by atoms with Crippen LogP contribution in [0.1, 0.15) is 46.5 Å². The van der Waals surface area contributed by atoms with Crippen molar-refractivity contribution in [1.29, 1.82) is 0 Å². The molecule has 0 aliphatic carbocycles. The van der Waals surface area contributed by atoms with Crippen molar-refractivity contribution >= 4 is 0 Å². The first-order chi connectivity index (χ1) is 5.99. The van der Waals surface area contributed by atoms with E-state index in [-0.39, 0.29) is 12.0 Å². The quantitative estimate of drug-likeness (QED) is 0.548. The molecule has 80 valence electrons. The summed E-state index contributed by atoms with van der Waals surface area (Å²) in [6.07, 6.45) is 3.72. The molecule has 0 heterocycles. The molecule has 3 heteroatoms. The van der Waals surface area contributed by atoms with E-state index >= 15 is 0 Å². The van der Waals surface area contributed by atoms with E-state index in [1.807, 2.05) is 0 Å². The summed E-state index contributed by atoms with van der Waals surface area (Å²) in [6.45, 7) is 6.36. The molecule has 0 aromatic carbocycles. The zero-order valence-corrected chi connectivity index (χ0v) is 9.14. The molecule has 0 radical (unpaired) electrons. The van der Waals surface area contributed by atoms with E-state index in [0.717, 1.165) is 25.7 Å². The van der Waals surface area contributed by atoms with Gasteiger partial charge in [0.2, 0.25) is 0 Å². The van der Waals surface area contributed by atoms with Crippen molar-refractivity contribution in [1.82, 2.24) is 0 Å². The predicted octanol–water partition coefficient (Wildman–Crippen LogP) is 1.20. The SMILES string of the molecule is CCCC(CC)(CC)C(N)(O)CN. The van der Waals surface area contributed by atoms with Crippen LogP contribution in [0.25, 0.3) is 0 Å².